The van der Waals surface area contributed by atoms with Crippen molar-refractivity contribution in [1.29, 1.82) is 0 Å². The SMILES string of the molecule is CN(C)S(=O)c1ccc(SNc2cccc(Cl)c2N2CC3CC3C2)s1. The number of nitrogens with zero attached hydrogens (tertiary/aromatic N) is 2. The fourth-order valence-electron chi connectivity index (χ4n) is 3.24. The van der Waals surface area contributed by atoms with Crippen LogP contribution in [0.2, 0.25) is 5.02 Å². The second-order valence-corrected chi connectivity index (χ2v) is 11.2. The van der Waals surface area contributed by atoms with Gasteiger partial charge in [0.25, 0.3) is 0 Å². The molecule has 2 aliphatic rings. The zero-order chi connectivity index (χ0) is 17.6. The average molecular weight is 414 g/mol. The maximum absolute atomic E-state index is 12.1. The highest BCUT2D eigenvalue weighted by molar-refractivity contribution is 8.02. The number of thiophene rings is 1. The summed E-state index contributed by atoms with van der Waals surface area (Å²) in [6.45, 7) is 2.22. The van der Waals surface area contributed by atoms with Crippen molar-refractivity contribution in [2.75, 3.05) is 36.8 Å². The van der Waals surface area contributed by atoms with E-state index in [1.807, 2.05) is 38.4 Å². The van der Waals surface area contributed by atoms with Crippen LogP contribution in [-0.2, 0) is 11.0 Å². The molecule has 25 heavy (non-hydrogen) atoms. The van der Waals surface area contributed by atoms with Crippen molar-refractivity contribution in [3.63, 3.8) is 0 Å². The Labute approximate surface area is 164 Å². The van der Waals surface area contributed by atoms with Crippen LogP contribution >= 0.6 is 34.9 Å². The summed E-state index contributed by atoms with van der Waals surface area (Å²) in [5, 5.41) is 0.799. The highest BCUT2D eigenvalue weighted by Crippen LogP contribution is 2.49. The van der Waals surface area contributed by atoms with Gasteiger partial charge in [0, 0.05) is 13.1 Å². The molecule has 2 aromatic rings. The number of anilines is 2. The Morgan fingerprint density at radius 1 is 1.28 bits per heavy atom. The number of halogens is 1. The van der Waals surface area contributed by atoms with Gasteiger partial charge in [0.15, 0.2) is 0 Å². The van der Waals surface area contributed by atoms with Crippen molar-refractivity contribution in [2.45, 2.75) is 14.8 Å². The molecule has 3 unspecified atom stereocenters. The molecule has 4 nitrogen and oxygen atoms in total. The Balaban J connectivity index is 1.48. The quantitative estimate of drug-likeness (QED) is 0.704. The smallest absolute Gasteiger partial charge is 0.137 e. The van der Waals surface area contributed by atoms with Crippen molar-refractivity contribution in [3.8, 4) is 0 Å². The molecule has 1 aromatic carbocycles. The summed E-state index contributed by atoms with van der Waals surface area (Å²) in [5.41, 5.74) is 2.15. The molecule has 1 saturated heterocycles. The van der Waals surface area contributed by atoms with E-state index < -0.39 is 11.0 Å². The molecule has 0 radical (unpaired) electrons. The molecule has 0 spiro atoms. The van der Waals surface area contributed by atoms with Crippen molar-refractivity contribution in [2.24, 2.45) is 11.8 Å². The van der Waals surface area contributed by atoms with Crippen LogP contribution in [0.1, 0.15) is 6.42 Å². The number of benzene rings is 1. The number of para-hydroxylation sites is 1. The number of hydrogen-bond acceptors (Lipinski definition) is 5. The van der Waals surface area contributed by atoms with Crippen molar-refractivity contribution >= 4 is 57.2 Å². The maximum Gasteiger partial charge on any atom is 0.137 e. The third-order valence-corrected chi connectivity index (χ3v) is 8.56. The van der Waals surface area contributed by atoms with Gasteiger partial charge in [-0.3, -0.25) is 0 Å². The predicted octanol–water partition coefficient (Wildman–Crippen LogP) is 4.56. The van der Waals surface area contributed by atoms with E-state index in [4.69, 9.17) is 11.6 Å². The van der Waals surface area contributed by atoms with E-state index in [-0.39, 0.29) is 0 Å². The van der Waals surface area contributed by atoms with Crippen LogP contribution in [0, 0.1) is 11.8 Å². The molecular weight excluding hydrogens is 394 g/mol. The Morgan fingerprint density at radius 2 is 2.04 bits per heavy atom. The van der Waals surface area contributed by atoms with Crippen LogP contribution in [0.5, 0.6) is 0 Å². The second kappa shape index (κ2) is 7.12. The van der Waals surface area contributed by atoms with E-state index >= 15 is 0 Å². The van der Waals surface area contributed by atoms with E-state index in [1.54, 1.807) is 27.6 Å². The summed E-state index contributed by atoms with van der Waals surface area (Å²) in [7, 11) is 2.55. The number of fused-ring (bicyclic) bond motifs is 1. The van der Waals surface area contributed by atoms with Crippen LogP contribution in [0.15, 0.2) is 38.8 Å². The molecule has 4 rings (SSSR count). The second-order valence-electron chi connectivity index (χ2n) is 6.64. The molecular formula is C17H20ClN3OS3. The van der Waals surface area contributed by atoms with E-state index in [0.29, 0.717) is 0 Å². The van der Waals surface area contributed by atoms with E-state index in [2.05, 4.69) is 15.7 Å². The van der Waals surface area contributed by atoms with Gasteiger partial charge in [-0.2, -0.15) is 0 Å². The molecule has 1 aliphatic heterocycles. The van der Waals surface area contributed by atoms with Gasteiger partial charge < -0.3 is 9.62 Å². The molecule has 3 atom stereocenters. The first-order valence-electron chi connectivity index (χ1n) is 8.18. The molecule has 0 bridgehead atoms. The highest BCUT2D eigenvalue weighted by Gasteiger charge is 2.45. The lowest BCUT2D eigenvalue weighted by Gasteiger charge is -2.24. The first-order valence-corrected chi connectivity index (χ1v) is 11.3. The van der Waals surface area contributed by atoms with Crippen LogP contribution < -0.4 is 9.62 Å². The monoisotopic (exact) mass is 413 g/mol. The van der Waals surface area contributed by atoms with Crippen LogP contribution in [-0.4, -0.2) is 35.7 Å². The molecule has 0 amide bonds. The zero-order valence-electron chi connectivity index (χ0n) is 14.1. The van der Waals surface area contributed by atoms with Gasteiger partial charge in [0.2, 0.25) is 0 Å². The maximum atomic E-state index is 12.1. The summed E-state index contributed by atoms with van der Waals surface area (Å²) >= 11 is 9.60. The summed E-state index contributed by atoms with van der Waals surface area (Å²) in [6.07, 6.45) is 1.37. The van der Waals surface area contributed by atoms with E-state index in [9.17, 15) is 4.21 Å². The van der Waals surface area contributed by atoms with Crippen molar-refractivity contribution in [1.82, 2.24) is 4.31 Å². The molecule has 1 saturated carbocycles. The topological polar surface area (TPSA) is 35.6 Å². The Hall–Kier alpha value is -0.730. The highest BCUT2D eigenvalue weighted by atomic mass is 35.5. The summed E-state index contributed by atoms with van der Waals surface area (Å²) < 4.78 is 19.2. The summed E-state index contributed by atoms with van der Waals surface area (Å²) in [6, 6.07) is 9.95. The van der Waals surface area contributed by atoms with Crippen LogP contribution in [0.4, 0.5) is 11.4 Å². The fourth-order valence-corrected chi connectivity index (χ4v) is 6.78. The van der Waals surface area contributed by atoms with E-state index in [1.165, 1.54) is 6.42 Å². The molecule has 134 valence electrons. The van der Waals surface area contributed by atoms with Crippen LogP contribution in [0.25, 0.3) is 0 Å². The lowest BCUT2D eigenvalue weighted by molar-refractivity contribution is 0.605. The Kier molecular flexibility index (Phi) is 5.03. The van der Waals surface area contributed by atoms with Gasteiger partial charge in [-0.15, -0.1) is 11.3 Å². The van der Waals surface area contributed by atoms with Gasteiger partial charge in [-0.25, -0.2) is 8.51 Å². The minimum atomic E-state index is -1.09. The number of rotatable bonds is 6. The van der Waals surface area contributed by atoms with Gasteiger partial charge in [-0.1, -0.05) is 17.7 Å². The van der Waals surface area contributed by atoms with Gasteiger partial charge in [0.05, 0.1) is 20.6 Å². The lowest BCUT2D eigenvalue weighted by atomic mass is 10.2. The summed E-state index contributed by atoms with van der Waals surface area (Å²) in [5.74, 6) is 1.72. The van der Waals surface area contributed by atoms with E-state index in [0.717, 1.165) is 49.7 Å². The largest absolute Gasteiger partial charge is 0.368 e. The van der Waals surface area contributed by atoms with Gasteiger partial charge in [-0.05, 0) is 68.6 Å². The molecule has 2 fully saturated rings. The van der Waals surface area contributed by atoms with Crippen molar-refractivity contribution in [3.05, 3.63) is 35.4 Å². The third kappa shape index (κ3) is 3.71. The lowest BCUT2D eigenvalue weighted by Crippen LogP contribution is -2.23. The van der Waals surface area contributed by atoms with Crippen LogP contribution in [0.3, 0.4) is 0 Å². The number of piperidine rings is 1. The van der Waals surface area contributed by atoms with Gasteiger partial charge >= 0.3 is 0 Å². The summed E-state index contributed by atoms with van der Waals surface area (Å²) in [4.78, 5) is 2.41. The first-order chi connectivity index (χ1) is 12.0. The normalized spacial score (nSPS) is 23.0. The standard InChI is InChI=1S/C17H20ClN3OS3/c1-20(2)25(22)16-7-6-15(23-16)24-19-14-5-3-4-13(18)17(14)21-9-11-8-12(11)10-21/h3-7,11-12,19H,8-10H2,1-2H3. The first kappa shape index (κ1) is 17.7. The molecule has 8 heteroatoms. The molecule has 1 N–H and O–H groups in total. The van der Waals surface area contributed by atoms with Crippen molar-refractivity contribution < 1.29 is 4.21 Å². The number of nitrogens with one attached hydrogen (secondary N) is 1. The molecule has 1 aliphatic carbocycles. The van der Waals surface area contributed by atoms with Gasteiger partial charge in [0.1, 0.15) is 15.2 Å². The zero-order valence-corrected chi connectivity index (χ0v) is 17.3. The Morgan fingerprint density at radius 3 is 2.76 bits per heavy atom. The fraction of sp³-hybridized carbons (Fsp3) is 0.412. The number of hydrogen-bond donors (Lipinski definition) is 1. The molecule has 1 aromatic heterocycles. The minimum absolute atomic E-state index is 0.799. The minimum Gasteiger partial charge on any atom is -0.368 e. The third-order valence-electron chi connectivity index (χ3n) is 4.60. The average Bonchev–Trinajstić information content (AvgIpc) is 2.99. The molecule has 2 heterocycles. The predicted molar refractivity (Wildman–Crippen MR) is 109 cm³/mol. The Bertz CT molecular complexity index is 800.